The van der Waals surface area contributed by atoms with Crippen molar-refractivity contribution in [2.24, 2.45) is 0 Å². The van der Waals surface area contributed by atoms with Gasteiger partial charge in [-0.2, -0.15) is 0 Å². The maximum atomic E-state index is 13.0. The average Bonchev–Trinajstić information content (AvgIpc) is 2.92. The molecule has 1 aromatic heterocycles. The molecular weight excluding hydrogens is 305 g/mol. The summed E-state index contributed by atoms with van der Waals surface area (Å²) in [6, 6.07) is 13.5. The fourth-order valence-electron chi connectivity index (χ4n) is 2.28. The lowest BCUT2D eigenvalue weighted by molar-refractivity contribution is 0.277. The van der Waals surface area contributed by atoms with Gasteiger partial charge in [0.1, 0.15) is 11.5 Å². The fourth-order valence-corrected chi connectivity index (χ4v) is 2.47. The predicted octanol–water partition coefficient (Wildman–Crippen LogP) is 3.28. The van der Waals surface area contributed by atoms with E-state index < -0.39 is 0 Å². The van der Waals surface area contributed by atoms with E-state index in [2.05, 4.69) is 10.3 Å². The topological polar surface area (TPSA) is 50.9 Å². The van der Waals surface area contributed by atoms with Gasteiger partial charge in [0.25, 0.3) is 0 Å². The van der Waals surface area contributed by atoms with Crippen LogP contribution in [0, 0.1) is 5.82 Å². The second-order valence-electron chi connectivity index (χ2n) is 4.84. The summed E-state index contributed by atoms with van der Waals surface area (Å²) < 4.78 is 14.7. The average molecular weight is 318 g/mol. The molecule has 4 nitrogen and oxygen atoms in total. The van der Waals surface area contributed by atoms with Crippen LogP contribution in [0.2, 0.25) is 5.02 Å². The van der Waals surface area contributed by atoms with Crippen LogP contribution in [0.3, 0.4) is 0 Å². The van der Waals surface area contributed by atoms with E-state index in [1.165, 1.54) is 12.1 Å². The van der Waals surface area contributed by atoms with Crippen LogP contribution in [0.1, 0.15) is 11.3 Å². The van der Waals surface area contributed by atoms with E-state index in [9.17, 15) is 9.50 Å². The van der Waals surface area contributed by atoms with Gasteiger partial charge >= 0.3 is 0 Å². The highest BCUT2D eigenvalue weighted by Crippen LogP contribution is 2.25. The summed E-state index contributed by atoms with van der Waals surface area (Å²) in [5.41, 5.74) is 2.89. The highest BCUT2D eigenvalue weighted by atomic mass is 35.5. The molecule has 1 heterocycles. The van der Waals surface area contributed by atoms with Gasteiger partial charge in [-0.15, -0.1) is 5.10 Å². The van der Waals surface area contributed by atoms with Crippen LogP contribution in [0.25, 0.3) is 11.3 Å². The van der Waals surface area contributed by atoms with Gasteiger partial charge in [0.15, 0.2) is 0 Å². The van der Waals surface area contributed by atoms with Crippen LogP contribution in [0.5, 0.6) is 0 Å². The number of rotatable bonds is 4. The molecular formula is C16H13ClFN3O. The minimum atomic E-state index is -0.284. The quantitative estimate of drug-likeness (QED) is 0.803. The third-order valence-corrected chi connectivity index (χ3v) is 3.53. The van der Waals surface area contributed by atoms with Gasteiger partial charge in [-0.3, -0.25) is 0 Å². The number of aliphatic hydroxyl groups is 1. The van der Waals surface area contributed by atoms with Gasteiger partial charge in [0.05, 0.1) is 18.8 Å². The Hall–Kier alpha value is -2.24. The molecule has 0 aliphatic heterocycles. The first-order chi connectivity index (χ1) is 10.7. The number of aromatic nitrogens is 3. The first-order valence-corrected chi connectivity index (χ1v) is 7.09. The monoisotopic (exact) mass is 317 g/mol. The highest BCUT2D eigenvalue weighted by molar-refractivity contribution is 6.30. The van der Waals surface area contributed by atoms with E-state index in [4.69, 9.17) is 11.6 Å². The van der Waals surface area contributed by atoms with Crippen molar-refractivity contribution in [1.29, 1.82) is 0 Å². The molecule has 0 amide bonds. The molecule has 112 valence electrons. The maximum Gasteiger partial charge on any atom is 0.123 e. The minimum absolute atomic E-state index is 0.217. The third-order valence-electron chi connectivity index (χ3n) is 3.30. The second-order valence-corrected chi connectivity index (χ2v) is 5.27. The fraction of sp³-hybridized carbons (Fsp3) is 0.125. The molecule has 0 aliphatic rings. The van der Waals surface area contributed by atoms with Crippen molar-refractivity contribution < 1.29 is 9.50 Å². The maximum absolute atomic E-state index is 13.0. The standard InChI is InChI=1S/C16H13ClFN3O/c17-13-3-1-2-12(8-13)16-15(10-22)19-20-21(16)9-11-4-6-14(18)7-5-11/h1-8,22H,9-10H2. The minimum Gasteiger partial charge on any atom is -0.390 e. The zero-order chi connectivity index (χ0) is 15.5. The Morgan fingerprint density at radius 2 is 1.91 bits per heavy atom. The van der Waals surface area contributed by atoms with E-state index in [-0.39, 0.29) is 12.4 Å². The molecule has 0 saturated heterocycles. The molecule has 3 rings (SSSR count). The number of benzene rings is 2. The van der Waals surface area contributed by atoms with E-state index in [1.54, 1.807) is 28.9 Å². The molecule has 0 spiro atoms. The van der Waals surface area contributed by atoms with Crippen molar-refractivity contribution in [3.05, 3.63) is 70.6 Å². The normalized spacial score (nSPS) is 10.9. The van der Waals surface area contributed by atoms with Crippen LogP contribution in [0.15, 0.2) is 48.5 Å². The van der Waals surface area contributed by atoms with E-state index in [1.807, 2.05) is 12.1 Å². The summed E-state index contributed by atoms with van der Waals surface area (Å²) >= 11 is 6.03. The Morgan fingerprint density at radius 3 is 2.59 bits per heavy atom. The number of halogens is 2. The second kappa shape index (κ2) is 6.25. The van der Waals surface area contributed by atoms with Gasteiger partial charge in [-0.1, -0.05) is 41.1 Å². The Bertz CT molecular complexity index is 786. The van der Waals surface area contributed by atoms with Crippen molar-refractivity contribution >= 4 is 11.6 Å². The lowest BCUT2D eigenvalue weighted by atomic mass is 10.1. The SMILES string of the molecule is OCc1nnn(Cc2ccc(F)cc2)c1-c1cccc(Cl)c1. The number of hydrogen-bond acceptors (Lipinski definition) is 3. The Labute approximate surface area is 131 Å². The summed E-state index contributed by atoms with van der Waals surface area (Å²) in [5.74, 6) is -0.284. The lowest BCUT2D eigenvalue weighted by Gasteiger charge is -2.08. The van der Waals surface area contributed by atoms with Crippen molar-refractivity contribution in [2.75, 3.05) is 0 Å². The van der Waals surface area contributed by atoms with Crippen LogP contribution in [-0.2, 0) is 13.2 Å². The van der Waals surface area contributed by atoms with Crippen LogP contribution in [-0.4, -0.2) is 20.1 Å². The Kier molecular flexibility index (Phi) is 4.18. The van der Waals surface area contributed by atoms with Gasteiger partial charge in [0, 0.05) is 10.6 Å². The zero-order valence-corrected chi connectivity index (χ0v) is 12.3. The van der Waals surface area contributed by atoms with E-state index in [0.717, 1.165) is 11.1 Å². The molecule has 1 N–H and O–H groups in total. The smallest absolute Gasteiger partial charge is 0.123 e. The van der Waals surface area contributed by atoms with Gasteiger partial charge in [-0.25, -0.2) is 9.07 Å². The predicted molar refractivity (Wildman–Crippen MR) is 81.9 cm³/mol. The lowest BCUT2D eigenvalue weighted by Crippen LogP contribution is -2.04. The van der Waals surface area contributed by atoms with Gasteiger partial charge in [-0.05, 0) is 29.8 Å². The number of nitrogens with zero attached hydrogens (tertiary/aromatic N) is 3. The summed E-state index contributed by atoms with van der Waals surface area (Å²) in [6.45, 7) is 0.209. The molecule has 2 aromatic carbocycles. The van der Waals surface area contributed by atoms with Gasteiger partial charge < -0.3 is 5.11 Å². The summed E-state index contributed by atoms with van der Waals surface area (Å²) in [5, 5.41) is 18.1. The molecule has 0 atom stereocenters. The number of aliphatic hydroxyl groups excluding tert-OH is 1. The molecule has 22 heavy (non-hydrogen) atoms. The first-order valence-electron chi connectivity index (χ1n) is 6.71. The molecule has 0 aliphatic carbocycles. The van der Waals surface area contributed by atoms with E-state index >= 15 is 0 Å². The van der Waals surface area contributed by atoms with Crippen LogP contribution in [0.4, 0.5) is 4.39 Å². The molecule has 0 unspecified atom stereocenters. The summed E-state index contributed by atoms with van der Waals surface area (Å²) in [6.07, 6.45) is 0. The van der Waals surface area contributed by atoms with E-state index in [0.29, 0.717) is 23.0 Å². The summed E-state index contributed by atoms with van der Waals surface area (Å²) in [4.78, 5) is 0. The molecule has 3 aromatic rings. The largest absolute Gasteiger partial charge is 0.390 e. The first kappa shape index (κ1) is 14.7. The van der Waals surface area contributed by atoms with Crippen molar-refractivity contribution in [1.82, 2.24) is 15.0 Å². The summed E-state index contributed by atoms with van der Waals surface area (Å²) in [7, 11) is 0. The molecule has 0 bridgehead atoms. The Morgan fingerprint density at radius 1 is 1.14 bits per heavy atom. The molecule has 0 saturated carbocycles. The van der Waals surface area contributed by atoms with Crippen LogP contribution >= 0.6 is 11.6 Å². The molecule has 0 radical (unpaired) electrons. The number of hydrogen-bond donors (Lipinski definition) is 1. The molecule has 0 fully saturated rings. The Balaban J connectivity index is 2.02. The van der Waals surface area contributed by atoms with Crippen molar-refractivity contribution in [3.8, 4) is 11.3 Å². The molecule has 6 heteroatoms. The van der Waals surface area contributed by atoms with Crippen LogP contribution < -0.4 is 0 Å². The van der Waals surface area contributed by atoms with Crippen molar-refractivity contribution in [2.45, 2.75) is 13.2 Å². The zero-order valence-electron chi connectivity index (χ0n) is 11.6. The van der Waals surface area contributed by atoms with Gasteiger partial charge in [0.2, 0.25) is 0 Å². The highest BCUT2D eigenvalue weighted by Gasteiger charge is 2.15. The van der Waals surface area contributed by atoms with Crippen molar-refractivity contribution in [3.63, 3.8) is 0 Å². The third kappa shape index (κ3) is 3.00.